The van der Waals surface area contributed by atoms with E-state index in [2.05, 4.69) is 0 Å². The Labute approximate surface area is 194 Å². The highest BCUT2D eigenvalue weighted by Gasteiger charge is 2.33. The molecule has 0 saturated carbocycles. The standard InChI is InChI=1S/C25H21N3O2S2/c1-3-20(32-25-26-17-11-5-4-10-16(17)23(29)27(25)2)24(30)28-18-12-6-8-14-21(18)31-22-15-9-7-13-19(22)28/h4-15,20H,3H2,1-2H3. The van der Waals surface area contributed by atoms with Crippen molar-refractivity contribution in [2.45, 2.75) is 33.5 Å². The molecule has 0 radical (unpaired) electrons. The van der Waals surface area contributed by atoms with Crippen LogP contribution in [0.5, 0.6) is 0 Å². The lowest BCUT2D eigenvalue weighted by Gasteiger charge is -2.33. The summed E-state index contributed by atoms with van der Waals surface area (Å²) in [6, 6.07) is 23.2. The van der Waals surface area contributed by atoms with E-state index in [4.69, 9.17) is 4.98 Å². The number of nitrogens with zero attached hydrogens (tertiary/aromatic N) is 3. The van der Waals surface area contributed by atoms with Crippen LogP contribution in [-0.4, -0.2) is 20.7 Å². The van der Waals surface area contributed by atoms with Crippen LogP contribution in [0, 0.1) is 0 Å². The topological polar surface area (TPSA) is 55.2 Å². The Morgan fingerprint density at radius 3 is 2.22 bits per heavy atom. The van der Waals surface area contributed by atoms with Gasteiger partial charge in [0.25, 0.3) is 5.56 Å². The van der Waals surface area contributed by atoms with E-state index in [1.54, 1.807) is 24.9 Å². The van der Waals surface area contributed by atoms with Crippen molar-refractivity contribution in [3.63, 3.8) is 0 Å². The molecule has 0 bridgehead atoms. The number of hydrogen-bond donors (Lipinski definition) is 0. The van der Waals surface area contributed by atoms with Crippen LogP contribution in [0.4, 0.5) is 11.4 Å². The average molecular weight is 460 g/mol. The summed E-state index contributed by atoms with van der Waals surface area (Å²) >= 11 is 3.02. The van der Waals surface area contributed by atoms with Crippen molar-refractivity contribution in [2.75, 3.05) is 4.90 Å². The third kappa shape index (κ3) is 3.51. The molecule has 1 aliphatic heterocycles. The SMILES string of the molecule is CCC(Sc1nc2ccccc2c(=O)n1C)C(=O)N1c2ccccc2Sc2ccccc21. The van der Waals surface area contributed by atoms with Crippen LogP contribution in [0.2, 0.25) is 0 Å². The molecule has 1 aromatic heterocycles. The van der Waals surface area contributed by atoms with Gasteiger partial charge in [-0.25, -0.2) is 4.98 Å². The maximum atomic E-state index is 13.9. The Bertz CT molecular complexity index is 1350. The molecule has 0 spiro atoms. The lowest BCUT2D eigenvalue weighted by Crippen LogP contribution is -2.36. The van der Waals surface area contributed by atoms with E-state index in [0.29, 0.717) is 22.5 Å². The van der Waals surface area contributed by atoms with Crippen LogP contribution in [0.25, 0.3) is 10.9 Å². The van der Waals surface area contributed by atoms with Crippen LogP contribution in [0.1, 0.15) is 13.3 Å². The Morgan fingerprint density at radius 1 is 0.969 bits per heavy atom. The van der Waals surface area contributed by atoms with Gasteiger partial charge in [-0.2, -0.15) is 0 Å². The largest absolute Gasteiger partial charge is 0.290 e. The number of carbonyl (C=O) groups is 1. The fourth-order valence-corrected chi connectivity index (χ4v) is 5.90. The number of aromatic nitrogens is 2. The van der Waals surface area contributed by atoms with Crippen LogP contribution in [-0.2, 0) is 11.8 Å². The smallest absolute Gasteiger partial charge is 0.261 e. The number of rotatable bonds is 4. The van der Waals surface area contributed by atoms with Gasteiger partial charge in [-0.05, 0) is 42.8 Å². The third-order valence-corrected chi connectivity index (χ3v) is 8.01. The molecule has 4 aromatic rings. The van der Waals surface area contributed by atoms with Gasteiger partial charge < -0.3 is 0 Å². The highest BCUT2D eigenvalue weighted by atomic mass is 32.2. The second-order valence-electron chi connectivity index (χ2n) is 7.50. The van der Waals surface area contributed by atoms with Gasteiger partial charge in [0, 0.05) is 16.8 Å². The lowest BCUT2D eigenvalue weighted by atomic mass is 10.2. The summed E-state index contributed by atoms with van der Waals surface area (Å²) in [6.07, 6.45) is 0.611. The maximum absolute atomic E-state index is 13.9. The predicted octanol–water partition coefficient (Wildman–Crippen LogP) is 5.63. The van der Waals surface area contributed by atoms with Crippen molar-refractivity contribution in [3.05, 3.63) is 83.2 Å². The van der Waals surface area contributed by atoms with Crippen molar-refractivity contribution < 1.29 is 4.79 Å². The Hall–Kier alpha value is -3.03. The molecule has 0 saturated heterocycles. The Balaban J connectivity index is 1.56. The fraction of sp³-hybridized carbons (Fsp3) is 0.160. The molecule has 5 rings (SSSR count). The molecular weight excluding hydrogens is 438 g/mol. The average Bonchev–Trinajstić information content (AvgIpc) is 2.83. The summed E-state index contributed by atoms with van der Waals surface area (Å²) in [5.74, 6) is -0.0138. The van der Waals surface area contributed by atoms with Gasteiger partial charge in [0.2, 0.25) is 5.91 Å². The van der Waals surface area contributed by atoms with Gasteiger partial charge in [-0.3, -0.25) is 19.1 Å². The number of hydrogen-bond acceptors (Lipinski definition) is 5. The van der Waals surface area contributed by atoms with E-state index >= 15 is 0 Å². The molecule has 1 aliphatic rings. The highest BCUT2D eigenvalue weighted by Crippen LogP contribution is 2.48. The minimum absolute atomic E-state index is 0.0138. The van der Waals surface area contributed by atoms with Crippen molar-refractivity contribution in [1.29, 1.82) is 0 Å². The first-order chi connectivity index (χ1) is 15.6. The molecule has 160 valence electrons. The first-order valence-electron chi connectivity index (χ1n) is 10.4. The molecule has 3 aromatic carbocycles. The van der Waals surface area contributed by atoms with E-state index < -0.39 is 5.25 Å². The van der Waals surface area contributed by atoms with Gasteiger partial charge in [-0.15, -0.1) is 0 Å². The summed E-state index contributed by atoms with van der Waals surface area (Å²) in [5, 5.41) is 0.731. The molecule has 0 fully saturated rings. The number of para-hydroxylation sites is 3. The van der Waals surface area contributed by atoms with Crippen LogP contribution >= 0.6 is 23.5 Å². The molecular formula is C25H21N3O2S2. The summed E-state index contributed by atoms with van der Waals surface area (Å²) < 4.78 is 1.54. The molecule has 1 unspecified atom stereocenters. The van der Waals surface area contributed by atoms with Crippen LogP contribution in [0.15, 0.2) is 92.5 Å². The maximum Gasteiger partial charge on any atom is 0.261 e. The highest BCUT2D eigenvalue weighted by molar-refractivity contribution is 8.00. The van der Waals surface area contributed by atoms with Crippen LogP contribution < -0.4 is 10.5 Å². The molecule has 2 heterocycles. The number of fused-ring (bicyclic) bond motifs is 3. The molecule has 1 amide bonds. The number of thioether (sulfide) groups is 1. The zero-order chi connectivity index (χ0) is 22.2. The fourth-order valence-electron chi connectivity index (χ4n) is 3.82. The van der Waals surface area contributed by atoms with Crippen molar-refractivity contribution >= 4 is 51.7 Å². The van der Waals surface area contributed by atoms with E-state index in [1.807, 2.05) is 78.6 Å². The van der Waals surface area contributed by atoms with Gasteiger partial charge in [0.15, 0.2) is 5.16 Å². The quantitative estimate of drug-likeness (QED) is 0.292. The normalized spacial score (nSPS) is 13.5. The van der Waals surface area contributed by atoms with E-state index in [1.165, 1.54) is 16.3 Å². The van der Waals surface area contributed by atoms with Gasteiger partial charge in [0.05, 0.1) is 27.5 Å². The van der Waals surface area contributed by atoms with Gasteiger partial charge >= 0.3 is 0 Å². The van der Waals surface area contributed by atoms with Crippen molar-refractivity contribution in [1.82, 2.24) is 9.55 Å². The second kappa shape index (κ2) is 8.48. The summed E-state index contributed by atoms with van der Waals surface area (Å²) in [4.78, 5) is 35.3. The molecule has 32 heavy (non-hydrogen) atoms. The first-order valence-corrected chi connectivity index (χ1v) is 12.1. The molecule has 7 heteroatoms. The van der Waals surface area contributed by atoms with Crippen molar-refractivity contribution in [3.8, 4) is 0 Å². The number of carbonyl (C=O) groups excluding carboxylic acids is 1. The summed E-state index contributed by atoms with van der Waals surface area (Å²) in [7, 11) is 1.71. The Morgan fingerprint density at radius 2 is 1.56 bits per heavy atom. The number of anilines is 2. The van der Waals surface area contributed by atoms with Crippen molar-refractivity contribution in [2.24, 2.45) is 7.05 Å². The molecule has 0 N–H and O–H groups in total. The minimum Gasteiger partial charge on any atom is -0.290 e. The van der Waals surface area contributed by atoms with E-state index in [9.17, 15) is 9.59 Å². The van der Waals surface area contributed by atoms with Gasteiger partial charge in [-0.1, -0.05) is 66.8 Å². The third-order valence-electron chi connectivity index (χ3n) is 5.49. The second-order valence-corrected chi connectivity index (χ2v) is 9.76. The minimum atomic E-state index is -0.390. The molecule has 1 atom stereocenters. The number of amides is 1. The monoisotopic (exact) mass is 459 g/mol. The first kappa shape index (κ1) is 20.8. The van der Waals surface area contributed by atoms with Crippen LogP contribution in [0.3, 0.4) is 0 Å². The zero-order valence-corrected chi connectivity index (χ0v) is 19.3. The molecule has 0 aliphatic carbocycles. The Kier molecular flexibility index (Phi) is 5.53. The van der Waals surface area contributed by atoms with Gasteiger partial charge in [0.1, 0.15) is 0 Å². The van der Waals surface area contributed by atoms with E-state index in [0.717, 1.165) is 21.2 Å². The summed E-state index contributed by atoms with van der Waals surface area (Å²) in [6.45, 7) is 1.99. The lowest BCUT2D eigenvalue weighted by molar-refractivity contribution is -0.117. The zero-order valence-electron chi connectivity index (χ0n) is 17.7. The summed E-state index contributed by atoms with van der Waals surface area (Å²) in [5.41, 5.74) is 2.32. The number of benzene rings is 3. The van der Waals surface area contributed by atoms with E-state index in [-0.39, 0.29) is 11.5 Å². The molecule has 5 nitrogen and oxygen atoms in total. The predicted molar refractivity (Wildman–Crippen MR) is 131 cm³/mol.